The molecule has 2 bridgehead atoms. The fourth-order valence-electron chi connectivity index (χ4n) is 3.78. The molecule has 22 heavy (non-hydrogen) atoms. The van der Waals surface area contributed by atoms with Gasteiger partial charge in [0, 0.05) is 13.0 Å². The molecule has 0 N–H and O–H groups in total. The van der Waals surface area contributed by atoms with Crippen molar-refractivity contribution < 1.29 is 14.0 Å². The van der Waals surface area contributed by atoms with Gasteiger partial charge in [0.25, 0.3) is 0 Å². The molecule has 0 atom stereocenters. The average molecular weight is 299 g/mol. The number of ether oxygens (including phenoxy) is 2. The SMILES string of the molecule is c1cc2c(cc1Cc1noc(C34CCN(CC3)C4)n1)OCO2. The molecule has 1 aromatic carbocycles. The molecule has 4 heterocycles. The Morgan fingerprint density at radius 1 is 1.14 bits per heavy atom. The molecule has 3 aliphatic heterocycles. The number of rotatable bonds is 3. The van der Waals surface area contributed by atoms with Gasteiger partial charge in [-0.2, -0.15) is 4.98 Å². The smallest absolute Gasteiger partial charge is 0.234 e. The zero-order valence-electron chi connectivity index (χ0n) is 12.2. The summed E-state index contributed by atoms with van der Waals surface area (Å²) in [5, 5.41) is 4.18. The van der Waals surface area contributed by atoms with Crippen LogP contribution in [-0.2, 0) is 11.8 Å². The molecule has 3 aliphatic rings. The van der Waals surface area contributed by atoms with Crippen molar-refractivity contribution >= 4 is 0 Å². The maximum absolute atomic E-state index is 5.59. The Kier molecular flexibility index (Phi) is 2.52. The normalized spacial score (nSPS) is 28.5. The lowest BCUT2D eigenvalue weighted by atomic mass is 9.84. The van der Waals surface area contributed by atoms with E-state index in [2.05, 4.69) is 15.0 Å². The van der Waals surface area contributed by atoms with E-state index in [1.54, 1.807) is 0 Å². The molecule has 0 amide bonds. The Bertz CT molecular complexity index is 719. The van der Waals surface area contributed by atoms with Crippen molar-refractivity contribution in [3.8, 4) is 11.5 Å². The number of piperidine rings is 1. The van der Waals surface area contributed by atoms with E-state index in [4.69, 9.17) is 14.0 Å². The van der Waals surface area contributed by atoms with E-state index >= 15 is 0 Å². The van der Waals surface area contributed by atoms with Gasteiger partial charge in [0.1, 0.15) is 0 Å². The molecule has 0 spiro atoms. The first-order valence-corrected chi connectivity index (χ1v) is 7.75. The van der Waals surface area contributed by atoms with Crippen LogP contribution in [0.4, 0.5) is 0 Å². The van der Waals surface area contributed by atoms with E-state index in [9.17, 15) is 0 Å². The predicted octanol–water partition coefficient (Wildman–Crippen LogP) is 1.74. The average Bonchev–Trinajstić information content (AvgIpc) is 3.31. The molecule has 114 valence electrons. The monoisotopic (exact) mass is 299 g/mol. The Balaban J connectivity index is 1.38. The van der Waals surface area contributed by atoms with Crippen LogP contribution in [0.5, 0.6) is 11.5 Å². The topological polar surface area (TPSA) is 60.6 Å². The minimum absolute atomic E-state index is 0.111. The first-order chi connectivity index (χ1) is 10.8. The van der Waals surface area contributed by atoms with Crippen LogP contribution in [0.25, 0.3) is 0 Å². The van der Waals surface area contributed by atoms with Gasteiger partial charge >= 0.3 is 0 Å². The lowest BCUT2D eigenvalue weighted by Crippen LogP contribution is -2.24. The molecular weight excluding hydrogens is 282 g/mol. The number of hydrogen-bond donors (Lipinski definition) is 0. The number of fused-ring (bicyclic) bond motifs is 3. The highest BCUT2D eigenvalue weighted by Crippen LogP contribution is 2.42. The number of aromatic nitrogens is 2. The van der Waals surface area contributed by atoms with Gasteiger partial charge in [0.05, 0.1) is 5.41 Å². The lowest BCUT2D eigenvalue weighted by molar-refractivity contribution is 0.174. The van der Waals surface area contributed by atoms with Gasteiger partial charge < -0.3 is 18.9 Å². The van der Waals surface area contributed by atoms with Crippen molar-refractivity contribution in [1.29, 1.82) is 0 Å². The third kappa shape index (κ3) is 1.83. The third-order valence-electron chi connectivity index (χ3n) is 5.06. The minimum Gasteiger partial charge on any atom is -0.454 e. The van der Waals surface area contributed by atoms with E-state index in [0.29, 0.717) is 13.2 Å². The maximum Gasteiger partial charge on any atom is 0.234 e. The fraction of sp³-hybridized carbons (Fsp3) is 0.500. The molecule has 0 radical (unpaired) electrons. The van der Waals surface area contributed by atoms with E-state index in [0.717, 1.165) is 61.3 Å². The zero-order chi connectivity index (χ0) is 14.6. The van der Waals surface area contributed by atoms with Gasteiger partial charge in [0.15, 0.2) is 17.3 Å². The number of benzene rings is 1. The summed E-state index contributed by atoms with van der Waals surface area (Å²) in [4.78, 5) is 7.15. The second kappa shape index (κ2) is 4.46. The maximum atomic E-state index is 5.59. The summed E-state index contributed by atoms with van der Waals surface area (Å²) in [6.45, 7) is 3.67. The van der Waals surface area contributed by atoms with Gasteiger partial charge in [-0.05, 0) is 43.6 Å². The Morgan fingerprint density at radius 2 is 2.00 bits per heavy atom. The third-order valence-corrected chi connectivity index (χ3v) is 5.06. The van der Waals surface area contributed by atoms with Gasteiger partial charge in [-0.25, -0.2) is 0 Å². The molecule has 2 fully saturated rings. The van der Waals surface area contributed by atoms with Crippen molar-refractivity contribution in [3.63, 3.8) is 0 Å². The second-order valence-corrected chi connectivity index (χ2v) is 6.44. The fourth-order valence-corrected chi connectivity index (χ4v) is 3.78. The molecule has 6 nitrogen and oxygen atoms in total. The van der Waals surface area contributed by atoms with E-state index in [-0.39, 0.29) is 5.41 Å². The molecular formula is C16H17N3O3. The summed E-state index contributed by atoms with van der Waals surface area (Å²) in [5.74, 6) is 3.16. The van der Waals surface area contributed by atoms with Gasteiger partial charge in [-0.15, -0.1) is 0 Å². The summed E-state index contributed by atoms with van der Waals surface area (Å²) in [5.41, 5.74) is 1.22. The molecule has 5 rings (SSSR count). The lowest BCUT2D eigenvalue weighted by Gasteiger charge is -2.19. The van der Waals surface area contributed by atoms with Crippen LogP contribution in [0.15, 0.2) is 22.7 Å². The van der Waals surface area contributed by atoms with Gasteiger partial charge in [0.2, 0.25) is 12.7 Å². The highest BCUT2D eigenvalue weighted by atomic mass is 16.7. The van der Waals surface area contributed by atoms with Crippen LogP contribution < -0.4 is 9.47 Å². The molecule has 0 saturated carbocycles. The summed E-state index contributed by atoms with van der Waals surface area (Å²) >= 11 is 0. The van der Waals surface area contributed by atoms with Gasteiger partial charge in [-0.1, -0.05) is 11.2 Å². The second-order valence-electron chi connectivity index (χ2n) is 6.44. The largest absolute Gasteiger partial charge is 0.454 e. The molecule has 0 aliphatic carbocycles. The van der Waals surface area contributed by atoms with Crippen LogP contribution in [-0.4, -0.2) is 41.5 Å². The van der Waals surface area contributed by atoms with Gasteiger partial charge in [-0.3, -0.25) is 0 Å². The first kappa shape index (κ1) is 12.5. The molecule has 0 unspecified atom stereocenters. The van der Waals surface area contributed by atoms with Crippen LogP contribution in [0.1, 0.15) is 30.1 Å². The Morgan fingerprint density at radius 3 is 2.82 bits per heavy atom. The summed E-state index contributed by atoms with van der Waals surface area (Å²) in [6, 6.07) is 5.95. The summed E-state index contributed by atoms with van der Waals surface area (Å²) in [6.07, 6.45) is 2.93. The molecule has 1 aromatic heterocycles. The van der Waals surface area contributed by atoms with Crippen molar-refractivity contribution in [3.05, 3.63) is 35.5 Å². The molecule has 2 saturated heterocycles. The predicted molar refractivity (Wildman–Crippen MR) is 77.0 cm³/mol. The van der Waals surface area contributed by atoms with Crippen molar-refractivity contribution in [2.24, 2.45) is 0 Å². The van der Waals surface area contributed by atoms with E-state index < -0.39 is 0 Å². The number of hydrogen-bond acceptors (Lipinski definition) is 6. The van der Waals surface area contributed by atoms with E-state index in [1.807, 2.05) is 18.2 Å². The Labute approximate surface area is 128 Å². The molecule has 6 heteroatoms. The highest BCUT2D eigenvalue weighted by molar-refractivity contribution is 5.45. The van der Waals surface area contributed by atoms with Crippen LogP contribution >= 0.6 is 0 Å². The highest BCUT2D eigenvalue weighted by Gasteiger charge is 2.48. The minimum atomic E-state index is 0.111. The van der Waals surface area contributed by atoms with Crippen LogP contribution in [0.2, 0.25) is 0 Å². The summed E-state index contributed by atoms with van der Waals surface area (Å²) in [7, 11) is 0. The van der Waals surface area contributed by atoms with E-state index in [1.165, 1.54) is 0 Å². The molecule has 2 aromatic rings. The van der Waals surface area contributed by atoms with Crippen LogP contribution in [0.3, 0.4) is 0 Å². The quantitative estimate of drug-likeness (QED) is 0.860. The van der Waals surface area contributed by atoms with Crippen LogP contribution in [0, 0.1) is 0 Å². The van der Waals surface area contributed by atoms with Crippen molar-refractivity contribution in [2.45, 2.75) is 24.7 Å². The van der Waals surface area contributed by atoms with Crippen molar-refractivity contribution in [1.82, 2.24) is 15.0 Å². The Hall–Kier alpha value is -2.08. The summed E-state index contributed by atoms with van der Waals surface area (Å²) < 4.78 is 16.3. The standard InChI is InChI=1S/C16H17N3O3/c1-2-12-13(21-10-20-12)7-11(1)8-14-17-15(22-18-14)16-3-5-19(9-16)6-4-16/h1-2,7H,3-6,8-10H2. The zero-order valence-corrected chi connectivity index (χ0v) is 12.2. The first-order valence-electron chi connectivity index (χ1n) is 7.75. The number of nitrogens with zero attached hydrogens (tertiary/aromatic N) is 3. The van der Waals surface area contributed by atoms with Crippen molar-refractivity contribution in [2.75, 3.05) is 26.4 Å².